The van der Waals surface area contributed by atoms with Crippen LogP contribution in [0.2, 0.25) is 0 Å². The van der Waals surface area contributed by atoms with Crippen molar-refractivity contribution in [3.05, 3.63) is 27.8 Å². The van der Waals surface area contributed by atoms with Gasteiger partial charge < -0.3 is 5.32 Å². The molecule has 112 valence electrons. The summed E-state index contributed by atoms with van der Waals surface area (Å²) in [7, 11) is 0. The number of benzene rings is 1. The number of nitrogens with zero attached hydrogens (tertiary/aromatic N) is 2. The van der Waals surface area contributed by atoms with Gasteiger partial charge in [-0.15, -0.1) is 11.3 Å². The lowest BCUT2D eigenvalue weighted by Gasteiger charge is -2.29. The molecule has 2 aromatic rings. The van der Waals surface area contributed by atoms with Crippen molar-refractivity contribution in [3.8, 4) is 0 Å². The quantitative estimate of drug-likeness (QED) is 0.663. The van der Waals surface area contributed by atoms with Crippen LogP contribution in [0.25, 0.3) is 10.2 Å². The highest BCUT2D eigenvalue weighted by Gasteiger charge is 2.25. The Hall–Kier alpha value is -1.69. The normalized spacial score (nSPS) is 22.3. The number of anilines is 1. The highest BCUT2D eigenvalue weighted by atomic mass is 32.1. The molecule has 0 saturated heterocycles. The van der Waals surface area contributed by atoms with Gasteiger partial charge in [0.1, 0.15) is 5.69 Å². The molecule has 1 aliphatic carbocycles. The van der Waals surface area contributed by atoms with E-state index >= 15 is 0 Å². The van der Waals surface area contributed by atoms with Gasteiger partial charge in [-0.25, -0.2) is 4.98 Å². The molecule has 0 aliphatic heterocycles. The average Bonchev–Trinajstić information content (AvgIpc) is 2.95. The lowest BCUT2D eigenvalue weighted by atomic mass is 9.84. The molecular weight excluding hydrogens is 286 g/mol. The number of hydrogen-bond donors (Lipinski definition) is 1. The highest BCUT2D eigenvalue weighted by Crippen LogP contribution is 2.36. The van der Waals surface area contributed by atoms with Crippen LogP contribution >= 0.6 is 11.3 Å². The first-order valence-corrected chi connectivity index (χ1v) is 8.34. The topological polar surface area (TPSA) is 68.1 Å². The molecule has 1 N–H and O–H groups in total. The minimum atomic E-state index is -0.317. The number of fused-ring (bicyclic) bond motifs is 1. The van der Waals surface area contributed by atoms with Gasteiger partial charge in [0.05, 0.1) is 15.1 Å². The van der Waals surface area contributed by atoms with Crippen LogP contribution in [0.15, 0.2) is 17.6 Å². The number of hydrogen-bond acceptors (Lipinski definition) is 5. The maximum absolute atomic E-state index is 11.4. The van der Waals surface area contributed by atoms with Crippen LogP contribution in [0.4, 0.5) is 11.4 Å². The number of aromatic nitrogens is 1. The molecule has 1 aromatic heterocycles. The van der Waals surface area contributed by atoms with Gasteiger partial charge in [-0.3, -0.25) is 10.1 Å². The average molecular weight is 305 g/mol. The summed E-state index contributed by atoms with van der Waals surface area (Å²) in [5.41, 5.74) is 2.88. The monoisotopic (exact) mass is 305 g/mol. The molecule has 0 spiro atoms. The van der Waals surface area contributed by atoms with Crippen molar-refractivity contribution in [2.24, 2.45) is 5.92 Å². The molecule has 0 bridgehead atoms. The first kappa shape index (κ1) is 14.3. The van der Waals surface area contributed by atoms with Crippen LogP contribution in [0, 0.1) is 16.0 Å². The fourth-order valence-electron chi connectivity index (χ4n) is 3.15. The molecule has 0 atom stereocenters. The van der Waals surface area contributed by atoms with Crippen molar-refractivity contribution in [2.75, 3.05) is 5.32 Å². The van der Waals surface area contributed by atoms with Crippen LogP contribution < -0.4 is 5.32 Å². The highest BCUT2D eigenvalue weighted by molar-refractivity contribution is 7.16. The predicted octanol–water partition coefficient (Wildman–Crippen LogP) is 4.59. The van der Waals surface area contributed by atoms with E-state index in [0.717, 1.165) is 23.5 Å². The SMILES string of the molecule is CCC1CCC(Nc2ccc3scnc3c2[N+](=O)[O-])CC1. The minimum absolute atomic E-state index is 0.117. The molecule has 1 fully saturated rings. The van der Waals surface area contributed by atoms with Crippen LogP contribution in [-0.2, 0) is 0 Å². The van der Waals surface area contributed by atoms with Gasteiger partial charge in [0.25, 0.3) is 0 Å². The first-order chi connectivity index (χ1) is 10.2. The van der Waals surface area contributed by atoms with E-state index in [1.54, 1.807) is 5.51 Å². The number of nitro benzene ring substituents is 1. The molecule has 1 aliphatic rings. The molecular formula is C15H19N3O2S. The lowest BCUT2D eigenvalue weighted by Crippen LogP contribution is -2.26. The lowest BCUT2D eigenvalue weighted by molar-refractivity contribution is -0.382. The van der Waals surface area contributed by atoms with Crippen LogP contribution in [-0.4, -0.2) is 15.9 Å². The molecule has 1 saturated carbocycles. The Kier molecular flexibility index (Phi) is 4.05. The van der Waals surface area contributed by atoms with Gasteiger partial charge >= 0.3 is 5.69 Å². The van der Waals surface area contributed by atoms with Crippen molar-refractivity contribution in [2.45, 2.75) is 45.1 Å². The van der Waals surface area contributed by atoms with E-state index in [1.165, 1.54) is 30.6 Å². The van der Waals surface area contributed by atoms with Crippen molar-refractivity contribution >= 4 is 32.9 Å². The van der Waals surface area contributed by atoms with Gasteiger partial charge in [-0.2, -0.15) is 0 Å². The zero-order valence-electron chi connectivity index (χ0n) is 12.0. The Morgan fingerprint density at radius 2 is 2.14 bits per heavy atom. The number of nitrogens with one attached hydrogen (secondary N) is 1. The smallest absolute Gasteiger partial charge is 0.319 e. The molecule has 0 amide bonds. The Morgan fingerprint density at radius 3 is 2.81 bits per heavy atom. The molecule has 1 heterocycles. The number of thiazole rings is 1. The zero-order chi connectivity index (χ0) is 14.8. The van der Waals surface area contributed by atoms with Crippen molar-refractivity contribution < 1.29 is 4.92 Å². The fourth-order valence-corrected chi connectivity index (χ4v) is 3.83. The Labute approximate surface area is 127 Å². The summed E-state index contributed by atoms with van der Waals surface area (Å²) in [6.45, 7) is 2.24. The summed E-state index contributed by atoms with van der Waals surface area (Å²) in [5, 5.41) is 14.8. The van der Waals surface area contributed by atoms with Crippen molar-refractivity contribution in [1.29, 1.82) is 0 Å². The number of rotatable bonds is 4. The summed E-state index contributed by atoms with van der Waals surface area (Å²) in [6, 6.07) is 4.08. The van der Waals surface area contributed by atoms with Crippen LogP contribution in [0.1, 0.15) is 39.0 Å². The van der Waals surface area contributed by atoms with E-state index in [1.807, 2.05) is 12.1 Å². The van der Waals surface area contributed by atoms with E-state index in [9.17, 15) is 10.1 Å². The van der Waals surface area contributed by atoms with E-state index < -0.39 is 0 Å². The number of nitro groups is 1. The molecule has 5 nitrogen and oxygen atoms in total. The largest absolute Gasteiger partial charge is 0.377 e. The van der Waals surface area contributed by atoms with Gasteiger partial charge in [-0.05, 0) is 43.7 Å². The molecule has 0 radical (unpaired) electrons. The van der Waals surface area contributed by atoms with E-state index in [0.29, 0.717) is 17.2 Å². The van der Waals surface area contributed by atoms with Crippen LogP contribution in [0.5, 0.6) is 0 Å². The summed E-state index contributed by atoms with van der Waals surface area (Å²) < 4.78 is 0.863. The molecule has 0 unspecified atom stereocenters. The molecule has 1 aromatic carbocycles. The second-order valence-corrected chi connectivity index (χ2v) is 6.57. The third-order valence-electron chi connectivity index (χ3n) is 4.44. The van der Waals surface area contributed by atoms with Gasteiger partial charge in [0, 0.05) is 6.04 Å². The first-order valence-electron chi connectivity index (χ1n) is 7.46. The van der Waals surface area contributed by atoms with Gasteiger partial charge in [-0.1, -0.05) is 13.3 Å². The van der Waals surface area contributed by atoms with Crippen LogP contribution in [0.3, 0.4) is 0 Å². The van der Waals surface area contributed by atoms with Gasteiger partial charge in [0.15, 0.2) is 5.52 Å². The Balaban J connectivity index is 1.84. The second-order valence-electron chi connectivity index (χ2n) is 5.69. The van der Waals surface area contributed by atoms with E-state index in [4.69, 9.17) is 0 Å². The Morgan fingerprint density at radius 1 is 1.38 bits per heavy atom. The Bertz CT molecular complexity index is 647. The maximum Gasteiger partial charge on any atom is 0.319 e. The second kappa shape index (κ2) is 5.97. The molecule has 3 rings (SSSR count). The summed E-state index contributed by atoms with van der Waals surface area (Å²) >= 11 is 1.43. The summed E-state index contributed by atoms with van der Waals surface area (Å²) in [5.74, 6) is 0.819. The fraction of sp³-hybridized carbons (Fsp3) is 0.533. The van der Waals surface area contributed by atoms with Crippen molar-refractivity contribution in [3.63, 3.8) is 0 Å². The molecule has 21 heavy (non-hydrogen) atoms. The third-order valence-corrected chi connectivity index (χ3v) is 5.24. The van der Waals surface area contributed by atoms with Gasteiger partial charge in [0.2, 0.25) is 0 Å². The molecule has 6 heteroatoms. The zero-order valence-corrected chi connectivity index (χ0v) is 12.9. The summed E-state index contributed by atoms with van der Waals surface area (Å²) in [6.07, 6.45) is 5.83. The minimum Gasteiger partial charge on any atom is -0.377 e. The predicted molar refractivity (Wildman–Crippen MR) is 85.9 cm³/mol. The third kappa shape index (κ3) is 2.85. The van der Waals surface area contributed by atoms with E-state index in [-0.39, 0.29) is 10.6 Å². The maximum atomic E-state index is 11.4. The standard InChI is InChI=1S/C15H19N3O2S/c1-2-10-3-5-11(6-4-10)17-12-7-8-13-14(16-9-21-13)15(12)18(19)20/h7-11,17H,2-6H2,1H3. The van der Waals surface area contributed by atoms with Crippen molar-refractivity contribution in [1.82, 2.24) is 4.98 Å². The van der Waals surface area contributed by atoms with E-state index in [2.05, 4.69) is 17.2 Å². The summed E-state index contributed by atoms with van der Waals surface area (Å²) in [4.78, 5) is 15.2.